The van der Waals surface area contributed by atoms with Gasteiger partial charge in [-0.15, -0.1) is 10.2 Å². The molecule has 1 aliphatic carbocycles. The SMILES string of the molecule is COCc1nc(NC(=O)NC2CCC(Oc3ccc4nncn4c3)c3ccccc32)cc(C(C)(C)C)n1. The van der Waals surface area contributed by atoms with E-state index < -0.39 is 0 Å². The summed E-state index contributed by atoms with van der Waals surface area (Å²) in [7, 11) is 1.59. The maximum absolute atomic E-state index is 13.0. The first-order chi connectivity index (χ1) is 17.8. The molecule has 192 valence electrons. The zero-order valence-electron chi connectivity index (χ0n) is 21.4. The summed E-state index contributed by atoms with van der Waals surface area (Å²) in [6, 6.07) is 13.2. The van der Waals surface area contributed by atoms with Gasteiger partial charge < -0.3 is 14.8 Å². The molecule has 1 aromatic carbocycles. The van der Waals surface area contributed by atoms with Crippen LogP contribution >= 0.6 is 0 Å². The molecule has 5 rings (SSSR count). The van der Waals surface area contributed by atoms with Crippen LogP contribution in [-0.2, 0) is 16.8 Å². The number of carbonyl (C=O) groups excluding carboxylic acids is 1. The number of hydrogen-bond donors (Lipinski definition) is 2. The van der Waals surface area contributed by atoms with Gasteiger partial charge in [-0.1, -0.05) is 45.0 Å². The number of hydrogen-bond acceptors (Lipinski definition) is 7. The molecular formula is C27H31N7O3. The number of anilines is 1. The average Bonchev–Trinajstić information content (AvgIpc) is 3.33. The van der Waals surface area contributed by atoms with E-state index in [1.54, 1.807) is 13.4 Å². The van der Waals surface area contributed by atoms with Crippen LogP contribution in [0.4, 0.5) is 10.6 Å². The van der Waals surface area contributed by atoms with Crippen molar-refractivity contribution in [3.8, 4) is 5.75 Å². The Morgan fingerprint density at radius 3 is 2.70 bits per heavy atom. The average molecular weight is 502 g/mol. The Kier molecular flexibility index (Phi) is 6.75. The number of carbonyl (C=O) groups is 1. The fourth-order valence-corrected chi connectivity index (χ4v) is 4.51. The molecule has 2 amide bonds. The van der Waals surface area contributed by atoms with E-state index in [1.807, 2.05) is 47.0 Å². The van der Waals surface area contributed by atoms with Crippen LogP contribution in [0.2, 0.25) is 0 Å². The second kappa shape index (κ2) is 10.1. The minimum absolute atomic E-state index is 0.126. The van der Waals surface area contributed by atoms with Gasteiger partial charge in [0.1, 0.15) is 30.6 Å². The molecule has 0 aliphatic heterocycles. The van der Waals surface area contributed by atoms with Crippen molar-refractivity contribution in [2.75, 3.05) is 12.4 Å². The van der Waals surface area contributed by atoms with Gasteiger partial charge in [-0.05, 0) is 36.1 Å². The van der Waals surface area contributed by atoms with E-state index in [1.165, 1.54) is 0 Å². The Balaban J connectivity index is 1.31. The summed E-state index contributed by atoms with van der Waals surface area (Å²) in [5, 5.41) is 14.0. The first-order valence-corrected chi connectivity index (χ1v) is 12.3. The second-order valence-electron chi connectivity index (χ2n) is 10.2. The molecule has 10 nitrogen and oxygen atoms in total. The Morgan fingerprint density at radius 1 is 1.11 bits per heavy atom. The highest BCUT2D eigenvalue weighted by molar-refractivity contribution is 5.88. The summed E-state index contributed by atoms with van der Waals surface area (Å²) < 4.78 is 13.4. The second-order valence-corrected chi connectivity index (χ2v) is 10.2. The van der Waals surface area contributed by atoms with E-state index in [0.29, 0.717) is 11.6 Å². The molecule has 0 bridgehead atoms. The van der Waals surface area contributed by atoms with Crippen molar-refractivity contribution in [3.63, 3.8) is 0 Å². The van der Waals surface area contributed by atoms with E-state index in [0.717, 1.165) is 41.1 Å². The molecule has 3 heterocycles. The molecule has 0 spiro atoms. The van der Waals surface area contributed by atoms with Gasteiger partial charge in [0.05, 0.1) is 17.9 Å². The lowest BCUT2D eigenvalue weighted by atomic mass is 9.85. The maximum Gasteiger partial charge on any atom is 0.320 e. The third-order valence-corrected chi connectivity index (χ3v) is 6.34. The summed E-state index contributed by atoms with van der Waals surface area (Å²) in [6.45, 7) is 6.47. The van der Waals surface area contributed by atoms with E-state index in [9.17, 15) is 4.79 Å². The number of methoxy groups -OCH3 is 1. The Hall–Kier alpha value is -4.05. The van der Waals surface area contributed by atoms with Crippen LogP contribution in [0.1, 0.15) is 68.4 Å². The lowest BCUT2D eigenvalue weighted by Crippen LogP contribution is -2.36. The number of nitrogens with zero attached hydrogens (tertiary/aromatic N) is 5. The molecule has 10 heteroatoms. The summed E-state index contributed by atoms with van der Waals surface area (Å²) in [5.74, 6) is 1.71. The lowest BCUT2D eigenvalue weighted by Gasteiger charge is -2.32. The number of aromatic nitrogens is 5. The summed E-state index contributed by atoms with van der Waals surface area (Å²) in [5.41, 5.74) is 3.49. The topological polar surface area (TPSA) is 116 Å². The molecule has 0 saturated carbocycles. The zero-order valence-corrected chi connectivity index (χ0v) is 21.4. The monoisotopic (exact) mass is 501 g/mol. The van der Waals surface area contributed by atoms with Gasteiger partial charge in [-0.25, -0.2) is 14.8 Å². The molecule has 0 radical (unpaired) electrons. The highest BCUT2D eigenvalue weighted by Crippen LogP contribution is 2.38. The fraction of sp³-hybridized carbons (Fsp3) is 0.370. The van der Waals surface area contributed by atoms with Crippen LogP contribution in [-0.4, -0.2) is 37.7 Å². The largest absolute Gasteiger partial charge is 0.484 e. The van der Waals surface area contributed by atoms with Crippen LogP contribution in [0.3, 0.4) is 0 Å². The van der Waals surface area contributed by atoms with Crippen molar-refractivity contribution < 1.29 is 14.3 Å². The van der Waals surface area contributed by atoms with Crippen molar-refractivity contribution in [1.82, 2.24) is 29.9 Å². The highest BCUT2D eigenvalue weighted by Gasteiger charge is 2.29. The molecule has 2 unspecified atom stereocenters. The molecule has 2 N–H and O–H groups in total. The van der Waals surface area contributed by atoms with Gasteiger partial charge in [0.15, 0.2) is 11.5 Å². The molecular weight excluding hydrogens is 470 g/mol. The fourth-order valence-electron chi connectivity index (χ4n) is 4.51. The van der Waals surface area contributed by atoms with Gasteiger partial charge in [0.25, 0.3) is 0 Å². The number of fused-ring (bicyclic) bond motifs is 2. The molecule has 1 aliphatic rings. The molecule has 3 aromatic heterocycles. The van der Waals surface area contributed by atoms with Crippen LogP contribution in [0.5, 0.6) is 5.75 Å². The van der Waals surface area contributed by atoms with Gasteiger partial charge >= 0.3 is 6.03 Å². The summed E-state index contributed by atoms with van der Waals surface area (Å²) in [6.07, 6.45) is 4.88. The maximum atomic E-state index is 13.0. The van der Waals surface area contributed by atoms with Crippen molar-refractivity contribution in [3.05, 3.63) is 77.6 Å². The number of nitrogens with one attached hydrogen (secondary N) is 2. The third-order valence-electron chi connectivity index (χ3n) is 6.34. The van der Waals surface area contributed by atoms with Crippen LogP contribution in [0.15, 0.2) is 55.0 Å². The standard InChI is InChI=1S/C27H31N7O3/c1-27(2,3)22-13-23(31-24(30-22)15-36-4)32-26(35)29-20-10-11-21(19-8-6-5-7-18(19)20)37-17-9-12-25-33-28-16-34(25)14-17/h5-9,12-14,16,20-21H,10-11,15H2,1-4H3,(H2,29,30,31,32,35). The number of amides is 2. The number of ether oxygens (including phenoxy) is 2. The van der Waals surface area contributed by atoms with Crippen LogP contribution in [0.25, 0.3) is 5.65 Å². The number of urea groups is 1. The summed E-state index contributed by atoms with van der Waals surface area (Å²) in [4.78, 5) is 22.1. The van der Waals surface area contributed by atoms with Crippen molar-refractivity contribution in [1.29, 1.82) is 0 Å². The van der Waals surface area contributed by atoms with E-state index in [2.05, 4.69) is 57.6 Å². The zero-order chi connectivity index (χ0) is 26.0. The molecule has 0 saturated heterocycles. The van der Waals surface area contributed by atoms with Gasteiger partial charge in [0.2, 0.25) is 0 Å². The first-order valence-electron chi connectivity index (χ1n) is 12.3. The smallest absolute Gasteiger partial charge is 0.320 e. The number of benzene rings is 1. The Bertz CT molecular complexity index is 1410. The van der Waals surface area contributed by atoms with Gasteiger partial charge in [-0.3, -0.25) is 9.72 Å². The molecule has 2 atom stereocenters. The number of pyridine rings is 1. The van der Waals surface area contributed by atoms with Crippen molar-refractivity contribution in [2.24, 2.45) is 0 Å². The predicted molar refractivity (Wildman–Crippen MR) is 138 cm³/mol. The van der Waals surface area contributed by atoms with Crippen molar-refractivity contribution in [2.45, 2.75) is 57.8 Å². The van der Waals surface area contributed by atoms with Gasteiger partial charge in [-0.2, -0.15) is 0 Å². The van der Waals surface area contributed by atoms with Crippen molar-refractivity contribution >= 4 is 17.5 Å². The van der Waals surface area contributed by atoms with Crippen LogP contribution in [0, 0.1) is 0 Å². The number of rotatable bonds is 6. The Morgan fingerprint density at radius 2 is 1.92 bits per heavy atom. The highest BCUT2D eigenvalue weighted by atomic mass is 16.5. The first kappa shape index (κ1) is 24.6. The van der Waals surface area contributed by atoms with E-state index in [-0.39, 0.29) is 30.2 Å². The predicted octanol–water partition coefficient (Wildman–Crippen LogP) is 4.74. The molecule has 0 fully saturated rings. The summed E-state index contributed by atoms with van der Waals surface area (Å²) >= 11 is 0. The molecule has 37 heavy (non-hydrogen) atoms. The molecule has 4 aromatic rings. The van der Waals surface area contributed by atoms with Gasteiger partial charge in [0, 0.05) is 18.6 Å². The van der Waals surface area contributed by atoms with E-state index in [4.69, 9.17) is 9.47 Å². The normalized spacial score (nSPS) is 17.3. The quantitative estimate of drug-likeness (QED) is 0.392. The minimum atomic E-state index is -0.320. The minimum Gasteiger partial charge on any atom is -0.484 e. The Labute approximate surface area is 215 Å². The third kappa shape index (κ3) is 5.54. The van der Waals surface area contributed by atoms with E-state index >= 15 is 0 Å². The lowest BCUT2D eigenvalue weighted by molar-refractivity contribution is 0.171. The van der Waals surface area contributed by atoms with Crippen LogP contribution < -0.4 is 15.4 Å².